The Hall–Kier alpha value is -2.46. The lowest BCUT2D eigenvalue weighted by Gasteiger charge is -2.30. The van der Waals surface area contributed by atoms with Gasteiger partial charge in [-0.05, 0) is 50.2 Å². The molecule has 0 saturated carbocycles. The van der Waals surface area contributed by atoms with Crippen molar-refractivity contribution in [1.29, 1.82) is 0 Å². The number of benzene rings is 3. The molecule has 0 nitrogen and oxygen atoms in total. The second-order valence-corrected chi connectivity index (χ2v) is 9.00. The van der Waals surface area contributed by atoms with Gasteiger partial charge in [0.05, 0.1) is 15.9 Å². The zero-order valence-corrected chi connectivity index (χ0v) is 14.9. The number of hydrogen-bond acceptors (Lipinski definition) is 0. The molecule has 0 unspecified atom stereocenters. The molecule has 3 rings (SSSR count). The largest absolute Gasteiger partial charge is 0.206 e. The van der Waals surface area contributed by atoms with Gasteiger partial charge in [0.15, 0.2) is 0 Å². The van der Waals surface area contributed by atoms with Crippen LogP contribution in [-0.2, 0) is 0 Å². The molecule has 7 heteroatoms. The van der Waals surface area contributed by atoms with Crippen LogP contribution in [0.1, 0.15) is 6.92 Å². The van der Waals surface area contributed by atoms with Gasteiger partial charge < -0.3 is 0 Å². The van der Waals surface area contributed by atoms with Crippen LogP contribution >= 0.6 is 6.89 Å². The summed E-state index contributed by atoms with van der Waals surface area (Å²) in [4.78, 5) is 0. The molecule has 0 N–H and O–H groups in total. The van der Waals surface area contributed by atoms with Crippen molar-refractivity contribution in [3.63, 3.8) is 0 Å². The highest BCUT2D eigenvalue weighted by Gasteiger charge is 2.38. The normalized spacial score (nSPS) is 11.5. The van der Waals surface area contributed by atoms with Crippen molar-refractivity contribution in [3.05, 3.63) is 89.5 Å². The third-order valence-electron chi connectivity index (χ3n) is 4.26. The maximum absolute atomic E-state index is 14.7. The Labute approximate surface area is 152 Å². The van der Waals surface area contributed by atoms with Gasteiger partial charge in [0.1, 0.15) is 34.9 Å². The highest BCUT2D eigenvalue weighted by molar-refractivity contribution is 7.94. The predicted octanol–water partition coefficient (Wildman–Crippen LogP) is 4.64. The lowest BCUT2D eigenvalue weighted by Crippen LogP contribution is -2.36. The lowest BCUT2D eigenvalue weighted by atomic mass is 10.3. The van der Waals surface area contributed by atoms with Gasteiger partial charge in [-0.2, -0.15) is 0 Å². The van der Waals surface area contributed by atoms with E-state index < -0.39 is 57.7 Å². The highest BCUT2D eigenvalue weighted by Crippen LogP contribution is 2.47. The molecule has 0 spiro atoms. The van der Waals surface area contributed by atoms with Gasteiger partial charge in [-0.25, -0.2) is 26.3 Å². The average Bonchev–Trinajstić information content (AvgIpc) is 2.60. The lowest BCUT2D eigenvalue weighted by molar-refractivity contribution is 0.591. The Bertz CT molecular complexity index is 881. The average molecular weight is 398 g/mol. The molecule has 0 fully saturated rings. The summed E-state index contributed by atoms with van der Waals surface area (Å²) < 4.78 is 88.3. The Morgan fingerprint density at radius 2 is 0.741 bits per heavy atom. The second-order valence-electron chi connectivity index (χ2n) is 5.69. The van der Waals surface area contributed by atoms with Crippen molar-refractivity contribution < 1.29 is 26.3 Å². The number of hydrogen-bond donors (Lipinski definition) is 0. The first-order chi connectivity index (χ1) is 12.8. The van der Waals surface area contributed by atoms with Crippen LogP contribution in [-0.4, -0.2) is 5.80 Å². The van der Waals surface area contributed by atoms with E-state index in [0.29, 0.717) is 0 Å². The smallest absolute Gasteiger partial charge is 0.134 e. The Kier molecular flexibility index (Phi) is 5.20. The molecule has 3 aromatic rings. The van der Waals surface area contributed by atoms with Crippen LogP contribution in [0.3, 0.4) is 0 Å². The Morgan fingerprint density at radius 1 is 0.519 bits per heavy atom. The third-order valence-corrected chi connectivity index (χ3v) is 8.43. The summed E-state index contributed by atoms with van der Waals surface area (Å²) in [5, 5.41) is -2.29. The molecule has 0 radical (unpaired) electrons. The zero-order valence-electron chi connectivity index (χ0n) is 14.0. The quantitative estimate of drug-likeness (QED) is 0.446. The van der Waals surface area contributed by atoms with Gasteiger partial charge in [0.2, 0.25) is 0 Å². The fourth-order valence-electron chi connectivity index (χ4n) is 3.20. The number of rotatable bonds is 3. The number of halogens is 6. The zero-order chi connectivity index (χ0) is 19.8. The SMILES string of the molecule is CC=P(c1c(F)cccc1F)(c1c(F)cccc1F)c1c(F)cccc1F. The summed E-state index contributed by atoms with van der Waals surface area (Å²) in [5.41, 5.74) is 0. The van der Waals surface area contributed by atoms with E-state index in [-0.39, 0.29) is 0 Å². The minimum absolute atomic E-state index is 0.763. The Morgan fingerprint density at radius 3 is 0.926 bits per heavy atom. The Balaban J connectivity index is 2.64. The van der Waals surface area contributed by atoms with Crippen LogP contribution in [0.4, 0.5) is 26.3 Å². The minimum Gasteiger partial charge on any atom is -0.206 e. The molecule has 0 aliphatic carbocycles. The van der Waals surface area contributed by atoms with E-state index in [1.54, 1.807) is 0 Å². The van der Waals surface area contributed by atoms with E-state index in [1.165, 1.54) is 6.92 Å². The van der Waals surface area contributed by atoms with Gasteiger partial charge >= 0.3 is 0 Å². The molecule has 140 valence electrons. The molecule has 0 heterocycles. The van der Waals surface area contributed by atoms with E-state index >= 15 is 0 Å². The van der Waals surface area contributed by atoms with Crippen LogP contribution in [0, 0.1) is 34.9 Å². The summed E-state index contributed by atoms with van der Waals surface area (Å²) in [6, 6.07) is 8.49. The second kappa shape index (κ2) is 7.28. The molecule has 0 aromatic heterocycles. The summed E-state index contributed by atoms with van der Waals surface area (Å²) in [5.74, 6) is -5.78. The van der Waals surface area contributed by atoms with Crippen LogP contribution in [0.25, 0.3) is 0 Å². The first kappa shape index (κ1) is 19.3. The standard InChI is InChI=1S/C20H13F6P/c1-2-27(18-12(21)6-3-7-13(18)22,19-14(23)8-4-9-15(19)24)20-16(25)10-5-11-17(20)26/h2-11H,1H3. The molecule has 3 aromatic carbocycles. The molecule has 0 aliphatic rings. The molecule has 27 heavy (non-hydrogen) atoms. The van der Waals surface area contributed by atoms with Crippen molar-refractivity contribution >= 4 is 28.6 Å². The van der Waals surface area contributed by atoms with Crippen LogP contribution in [0.2, 0.25) is 0 Å². The first-order valence-corrected chi connectivity index (χ1v) is 9.73. The van der Waals surface area contributed by atoms with Crippen molar-refractivity contribution in [1.82, 2.24) is 0 Å². The van der Waals surface area contributed by atoms with Crippen molar-refractivity contribution in [2.45, 2.75) is 6.92 Å². The maximum Gasteiger partial charge on any atom is 0.134 e. The van der Waals surface area contributed by atoms with E-state index in [0.717, 1.165) is 60.4 Å². The van der Waals surface area contributed by atoms with Crippen LogP contribution in [0.15, 0.2) is 54.6 Å². The maximum atomic E-state index is 14.7. The first-order valence-electron chi connectivity index (χ1n) is 7.87. The molecule has 0 atom stereocenters. The van der Waals surface area contributed by atoms with E-state index in [2.05, 4.69) is 0 Å². The molecule has 0 saturated heterocycles. The van der Waals surface area contributed by atoms with Gasteiger partial charge in [0, 0.05) is 0 Å². The molecular formula is C20H13F6P. The molecule has 0 bridgehead atoms. The highest BCUT2D eigenvalue weighted by atomic mass is 31.2. The minimum atomic E-state index is -4.13. The molecular weight excluding hydrogens is 385 g/mol. The predicted molar refractivity (Wildman–Crippen MR) is 96.6 cm³/mol. The summed E-state index contributed by atoms with van der Waals surface area (Å²) in [6.07, 6.45) is 0. The van der Waals surface area contributed by atoms with Gasteiger partial charge in [-0.3, -0.25) is 0 Å². The van der Waals surface area contributed by atoms with Gasteiger partial charge in [-0.1, -0.05) is 24.0 Å². The van der Waals surface area contributed by atoms with E-state index in [4.69, 9.17) is 0 Å². The van der Waals surface area contributed by atoms with E-state index in [9.17, 15) is 26.3 Å². The third kappa shape index (κ3) is 2.98. The van der Waals surface area contributed by atoms with Crippen LogP contribution in [0.5, 0.6) is 0 Å². The summed E-state index contributed by atoms with van der Waals surface area (Å²) >= 11 is 0. The van der Waals surface area contributed by atoms with Gasteiger partial charge in [-0.15, -0.1) is 0 Å². The summed E-state index contributed by atoms with van der Waals surface area (Å²) in [7, 11) is 0. The van der Waals surface area contributed by atoms with E-state index in [1.807, 2.05) is 0 Å². The summed E-state index contributed by atoms with van der Waals surface area (Å²) in [6.45, 7) is -2.86. The molecule has 0 aliphatic heterocycles. The van der Waals surface area contributed by atoms with Crippen molar-refractivity contribution in [3.8, 4) is 0 Å². The fraction of sp³-hybridized carbons (Fsp3) is 0.0500. The van der Waals surface area contributed by atoms with Crippen LogP contribution < -0.4 is 15.9 Å². The molecule has 0 amide bonds. The van der Waals surface area contributed by atoms with Gasteiger partial charge in [0.25, 0.3) is 0 Å². The fourth-order valence-corrected chi connectivity index (χ4v) is 7.11. The monoisotopic (exact) mass is 398 g/mol. The van der Waals surface area contributed by atoms with Crippen molar-refractivity contribution in [2.75, 3.05) is 0 Å². The van der Waals surface area contributed by atoms with Crippen molar-refractivity contribution in [2.24, 2.45) is 0 Å². The topological polar surface area (TPSA) is 0 Å².